The summed E-state index contributed by atoms with van der Waals surface area (Å²) in [6.45, 7) is 4.13. The summed E-state index contributed by atoms with van der Waals surface area (Å²) in [6.07, 6.45) is 1.04. The van der Waals surface area contributed by atoms with Gasteiger partial charge in [0.25, 0.3) is 0 Å². The third-order valence-electron chi connectivity index (χ3n) is 2.76. The molecule has 0 aliphatic heterocycles. The summed E-state index contributed by atoms with van der Waals surface area (Å²) in [7, 11) is 0. The van der Waals surface area contributed by atoms with Gasteiger partial charge in [-0.25, -0.2) is 0 Å². The first-order valence-electron chi connectivity index (χ1n) is 5.74. The fourth-order valence-electron chi connectivity index (χ4n) is 1.67. The lowest BCUT2D eigenvalue weighted by atomic mass is 10.1. The first-order valence-corrected chi connectivity index (χ1v) is 6.99. The van der Waals surface area contributed by atoms with E-state index in [1.165, 1.54) is 16.0 Å². The zero-order valence-corrected chi connectivity index (χ0v) is 11.4. The summed E-state index contributed by atoms with van der Waals surface area (Å²) in [5.41, 5.74) is 2.71. The van der Waals surface area contributed by atoms with E-state index in [0.29, 0.717) is 0 Å². The molecule has 0 aliphatic rings. The summed E-state index contributed by atoms with van der Waals surface area (Å²) in [4.78, 5) is 1.43. The van der Waals surface area contributed by atoms with Gasteiger partial charge in [-0.2, -0.15) is 0 Å². The lowest BCUT2D eigenvalue weighted by Crippen LogP contribution is -2.16. The summed E-state index contributed by atoms with van der Waals surface area (Å²) in [5.74, 6) is 0. The van der Waals surface area contributed by atoms with E-state index in [0.717, 1.165) is 24.5 Å². The molecule has 0 saturated carbocycles. The van der Waals surface area contributed by atoms with Gasteiger partial charge in [0.05, 0.1) is 0 Å². The van der Waals surface area contributed by atoms with Crippen LogP contribution in [0.1, 0.15) is 16.0 Å². The number of rotatable bonds is 5. The zero-order valence-electron chi connectivity index (χ0n) is 9.87. The first-order chi connectivity index (χ1) is 8.25. The molecule has 1 aromatic carbocycles. The third kappa shape index (κ3) is 3.84. The first kappa shape index (κ1) is 12.6. The van der Waals surface area contributed by atoms with Crippen LogP contribution in [0.4, 0.5) is 0 Å². The molecule has 2 rings (SSSR count). The SMILES string of the molecule is Cc1ccsc1CNCCc1ccc(Cl)cc1. The number of benzene rings is 1. The molecule has 90 valence electrons. The summed E-state index contributed by atoms with van der Waals surface area (Å²) in [5, 5.41) is 6.42. The second kappa shape index (κ2) is 6.20. The van der Waals surface area contributed by atoms with Crippen molar-refractivity contribution in [1.29, 1.82) is 0 Å². The van der Waals surface area contributed by atoms with E-state index in [-0.39, 0.29) is 0 Å². The van der Waals surface area contributed by atoms with Crippen LogP contribution in [-0.4, -0.2) is 6.54 Å². The number of thiophene rings is 1. The van der Waals surface area contributed by atoms with Crippen LogP contribution in [0.15, 0.2) is 35.7 Å². The Morgan fingerprint density at radius 3 is 2.59 bits per heavy atom. The fraction of sp³-hybridized carbons (Fsp3) is 0.286. The molecule has 2 aromatic rings. The smallest absolute Gasteiger partial charge is 0.0406 e. The number of halogens is 1. The number of nitrogens with one attached hydrogen (secondary N) is 1. The quantitative estimate of drug-likeness (QED) is 0.805. The van der Waals surface area contributed by atoms with Crippen LogP contribution < -0.4 is 5.32 Å². The highest BCUT2D eigenvalue weighted by molar-refractivity contribution is 7.10. The normalized spacial score (nSPS) is 10.7. The van der Waals surface area contributed by atoms with Gasteiger partial charge in [-0.3, -0.25) is 0 Å². The molecule has 0 atom stereocenters. The summed E-state index contributed by atoms with van der Waals surface area (Å²) >= 11 is 7.66. The van der Waals surface area contributed by atoms with E-state index in [2.05, 4.69) is 35.8 Å². The summed E-state index contributed by atoms with van der Waals surface area (Å²) < 4.78 is 0. The van der Waals surface area contributed by atoms with Gasteiger partial charge in [0.15, 0.2) is 0 Å². The molecule has 3 heteroatoms. The minimum absolute atomic E-state index is 0.802. The van der Waals surface area contributed by atoms with Gasteiger partial charge in [-0.05, 0) is 54.6 Å². The molecule has 0 amide bonds. The molecule has 1 N–H and O–H groups in total. The van der Waals surface area contributed by atoms with Crippen molar-refractivity contribution >= 4 is 22.9 Å². The minimum Gasteiger partial charge on any atom is -0.312 e. The van der Waals surface area contributed by atoms with Gasteiger partial charge in [-0.1, -0.05) is 23.7 Å². The molecule has 0 fully saturated rings. The second-order valence-corrected chi connectivity index (χ2v) is 5.52. The van der Waals surface area contributed by atoms with Gasteiger partial charge in [0.2, 0.25) is 0 Å². The van der Waals surface area contributed by atoms with E-state index in [1.807, 2.05) is 23.5 Å². The van der Waals surface area contributed by atoms with Crippen LogP contribution in [-0.2, 0) is 13.0 Å². The molecule has 0 saturated heterocycles. The maximum atomic E-state index is 5.84. The molecule has 17 heavy (non-hydrogen) atoms. The number of hydrogen-bond acceptors (Lipinski definition) is 2. The average Bonchev–Trinajstić information content (AvgIpc) is 2.73. The Kier molecular flexibility index (Phi) is 4.60. The van der Waals surface area contributed by atoms with Crippen LogP contribution in [0.2, 0.25) is 5.02 Å². The maximum absolute atomic E-state index is 5.84. The van der Waals surface area contributed by atoms with Gasteiger partial charge in [0, 0.05) is 16.4 Å². The van der Waals surface area contributed by atoms with Crippen molar-refractivity contribution in [1.82, 2.24) is 5.32 Å². The van der Waals surface area contributed by atoms with Gasteiger partial charge in [0.1, 0.15) is 0 Å². The molecule has 1 nitrogen and oxygen atoms in total. The van der Waals surface area contributed by atoms with Gasteiger partial charge in [-0.15, -0.1) is 11.3 Å². The Morgan fingerprint density at radius 1 is 1.18 bits per heavy atom. The predicted octanol–water partition coefficient (Wildman–Crippen LogP) is 4.04. The largest absolute Gasteiger partial charge is 0.312 e. The molecular weight excluding hydrogens is 250 g/mol. The monoisotopic (exact) mass is 265 g/mol. The van der Waals surface area contributed by atoms with E-state index >= 15 is 0 Å². The zero-order chi connectivity index (χ0) is 12.1. The molecule has 0 spiro atoms. The number of hydrogen-bond donors (Lipinski definition) is 1. The average molecular weight is 266 g/mol. The molecule has 1 heterocycles. The van der Waals surface area contributed by atoms with Crippen LogP contribution in [0.3, 0.4) is 0 Å². The molecule has 0 unspecified atom stereocenters. The van der Waals surface area contributed by atoms with Crippen molar-refractivity contribution in [3.8, 4) is 0 Å². The standard InChI is InChI=1S/C14H16ClNS/c1-11-7-9-17-14(11)10-16-8-6-12-2-4-13(15)5-3-12/h2-5,7,9,16H,6,8,10H2,1H3. The van der Waals surface area contributed by atoms with Crippen molar-refractivity contribution in [3.05, 3.63) is 56.7 Å². The van der Waals surface area contributed by atoms with Crippen molar-refractivity contribution in [2.75, 3.05) is 6.54 Å². The van der Waals surface area contributed by atoms with Crippen LogP contribution in [0.5, 0.6) is 0 Å². The van der Waals surface area contributed by atoms with E-state index < -0.39 is 0 Å². The van der Waals surface area contributed by atoms with Gasteiger partial charge < -0.3 is 5.32 Å². The molecular formula is C14H16ClNS. The fourth-order valence-corrected chi connectivity index (χ4v) is 2.67. The molecule has 0 radical (unpaired) electrons. The van der Waals surface area contributed by atoms with Crippen LogP contribution in [0, 0.1) is 6.92 Å². The van der Waals surface area contributed by atoms with E-state index in [4.69, 9.17) is 11.6 Å². The minimum atomic E-state index is 0.802. The third-order valence-corrected chi connectivity index (χ3v) is 4.03. The highest BCUT2D eigenvalue weighted by Crippen LogP contribution is 2.15. The van der Waals surface area contributed by atoms with Crippen molar-refractivity contribution in [2.24, 2.45) is 0 Å². The molecule has 0 aliphatic carbocycles. The highest BCUT2D eigenvalue weighted by Gasteiger charge is 1.99. The maximum Gasteiger partial charge on any atom is 0.0406 e. The van der Waals surface area contributed by atoms with Crippen molar-refractivity contribution < 1.29 is 0 Å². The van der Waals surface area contributed by atoms with Gasteiger partial charge >= 0.3 is 0 Å². The lowest BCUT2D eigenvalue weighted by Gasteiger charge is -2.04. The molecule has 1 aromatic heterocycles. The Labute approximate surface area is 111 Å². The van der Waals surface area contributed by atoms with E-state index in [1.54, 1.807) is 0 Å². The lowest BCUT2D eigenvalue weighted by molar-refractivity contribution is 0.692. The molecule has 0 bridgehead atoms. The number of aryl methyl sites for hydroxylation is 1. The van der Waals surface area contributed by atoms with Crippen LogP contribution >= 0.6 is 22.9 Å². The van der Waals surface area contributed by atoms with Crippen molar-refractivity contribution in [3.63, 3.8) is 0 Å². The summed E-state index contributed by atoms with van der Waals surface area (Å²) in [6, 6.07) is 10.2. The highest BCUT2D eigenvalue weighted by atomic mass is 35.5. The topological polar surface area (TPSA) is 12.0 Å². The van der Waals surface area contributed by atoms with Crippen molar-refractivity contribution in [2.45, 2.75) is 19.9 Å². The Hall–Kier alpha value is -0.830. The van der Waals surface area contributed by atoms with Crippen LogP contribution in [0.25, 0.3) is 0 Å². The van der Waals surface area contributed by atoms with E-state index in [9.17, 15) is 0 Å². The second-order valence-electron chi connectivity index (χ2n) is 4.08. The Morgan fingerprint density at radius 2 is 1.94 bits per heavy atom. The Bertz CT molecular complexity index is 461. The predicted molar refractivity (Wildman–Crippen MR) is 75.9 cm³/mol. The Balaban J connectivity index is 1.73.